The SMILES string of the molecule is O=C(CSc1cccc(C(F)(F)F)c1)Nc1ccc([N+](=O)[O-])cc1. The lowest BCUT2D eigenvalue weighted by Gasteiger charge is -2.08. The summed E-state index contributed by atoms with van der Waals surface area (Å²) < 4.78 is 37.8. The molecule has 0 aliphatic rings. The van der Waals surface area contributed by atoms with E-state index >= 15 is 0 Å². The number of nitro groups is 1. The Kier molecular flexibility index (Phi) is 5.45. The van der Waals surface area contributed by atoms with Crippen LogP contribution < -0.4 is 5.32 Å². The van der Waals surface area contributed by atoms with E-state index in [1.165, 1.54) is 36.4 Å². The Labute approximate surface area is 139 Å². The first-order valence-corrected chi connectivity index (χ1v) is 7.58. The van der Waals surface area contributed by atoms with Crippen LogP contribution in [0.15, 0.2) is 53.4 Å². The lowest BCUT2D eigenvalue weighted by atomic mass is 10.2. The van der Waals surface area contributed by atoms with Crippen LogP contribution in [0.25, 0.3) is 0 Å². The molecule has 1 amide bonds. The van der Waals surface area contributed by atoms with Gasteiger partial charge in [-0.05, 0) is 30.3 Å². The molecule has 2 aromatic carbocycles. The van der Waals surface area contributed by atoms with Gasteiger partial charge in [0.2, 0.25) is 5.91 Å². The van der Waals surface area contributed by atoms with E-state index in [4.69, 9.17) is 0 Å². The molecule has 0 aromatic heterocycles. The number of nitrogens with one attached hydrogen (secondary N) is 1. The first kappa shape index (κ1) is 17.8. The van der Waals surface area contributed by atoms with Crippen LogP contribution in [0.2, 0.25) is 0 Å². The number of anilines is 1. The van der Waals surface area contributed by atoms with Crippen LogP contribution in [0.3, 0.4) is 0 Å². The number of hydrogen-bond donors (Lipinski definition) is 1. The molecule has 24 heavy (non-hydrogen) atoms. The van der Waals surface area contributed by atoms with Gasteiger partial charge in [-0.2, -0.15) is 13.2 Å². The summed E-state index contributed by atoms with van der Waals surface area (Å²) in [5.74, 6) is -0.510. The number of non-ortho nitro benzene ring substituents is 1. The summed E-state index contributed by atoms with van der Waals surface area (Å²) in [6.07, 6.45) is -4.43. The molecule has 0 fully saturated rings. The molecule has 2 rings (SSSR count). The van der Waals surface area contributed by atoms with E-state index in [0.29, 0.717) is 10.6 Å². The van der Waals surface area contributed by atoms with Crippen LogP contribution in [-0.2, 0) is 11.0 Å². The molecule has 0 spiro atoms. The average molecular weight is 356 g/mol. The zero-order valence-electron chi connectivity index (χ0n) is 12.0. The molecule has 2 aromatic rings. The van der Waals surface area contributed by atoms with Gasteiger partial charge in [-0.3, -0.25) is 14.9 Å². The zero-order chi connectivity index (χ0) is 17.7. The van der Waals surface area contributed by atoms with E-state index < -0.39 is 22.6 Å². The first-order valence-electron chi connectivity index (χ1n) is 6.60. The maximum absolute atomic E-state index is 12.6. The molecular weight excluding hydrogens is 345 g/mol. The third-order valence-corrected chi connectivity index (χ3v) is 3.89. The molecular formula is C15H11F3N2O3S. The van der Waals surface area contributed by atoms with Crippen molar-refractivity contribution in [1.82, 2.24) is 0 Å². The van der Waals surface area contributed by atoms with E-state index in [1.807, 2.05) is 0 Å². The van der Waals surface area contributed by atoms with Crippen molar-refractivity contribution in [1.29, 1.82) is 0 Å². The predicted molar refractivity (Wildman–Crippen MR) is 83.9 cm³/mol. The maximum Gasteiger partial charge on any atom is 0.416 e. The molecule has 0 aliphatic heterocycles. The molecule has 1 N–H and O–H groups in total. The fraction of sp³-hybridized carbons (Fsp3) is 0.133. The highest BCUT2D eigenvalue weighted by molar-refractivity contribution is 8.00. The third-order valence-electron chi connectivity index (χ3n) is 2.89. The Balaban J connectivity index is 1.92. The lowest BCUT2D eigenvalue weighted by molar-refractivity contribution is -0.384. The van der Waals surface area contributed by atoms with Crippen LogP contribution in [0.5, 0.6) is 0 Å². The summed E-state index contributed by atoms with van der Waals surface area (Å²) in [6.45, 7) is 0. The number of hydrogen-bond acceptors (Lipinski definition) is 4. The highest BCUT2D eigenvalue weighted by Crippen LogP contribution is 2.31. The minimum Gasteiger partial charge on any atom is -0.325 e. The standard InChI is InChI=1S/C15H11F3N2O3S/c16-15(17,18)10-2-1-3-13(8-10)24-9-14(21)19-11-4-6-12(7-5-11)20(22)23/h1-8H,9H2,(H,19,21). The molecule has 0 saturated heterocycles. The number of carbonyl (C=O) groups excluding carboxylic acids is 1. The highest BCUT2D eigenvalue weighted by atomic mass is 32.2. The number of nitro benzene ring substituents is 1. The van der Waals surface area contributed by atoms with Crippen molar-refractivity contribution in [3.8, 4) is 0 Å². The smallest absolute Gasteiger partial charge is 0.325 e. The summed E-state index contributed by atoms with van der Waals surface area (Å²) in [7, 11) is 0. The van der Waals surface area contributed by atoms with E-state index in [2.05, 4.69) is 5.32 Å². The molecule has 0 bridgehead atoms. The lowest BCUT2D eigenvalue weighted by Crippen LogP contribution is -2.14. The summed E-state index contributed by atoms with van der Waals surface area (Å²) >= 11 is 0.966. The van der Waals surface area contributed by atoms with Crippen molar-refractivity contribution in [3.05, 3.63) is 64.2 Å². The molecule has 0 saturated carbocycles. The Hall–Kier alpha value is -2.55. The van der Waals surface area contributed by atoms with E-state index in [1.54, 1.807) is 0 Å². The number of halogens is 3. The Bertz CT molecular complexity index is 748. The number of rotatable bonds is 5. The Morgan fingerprint density at radius 3 is 2.42 bits per heavy atom. The van der Waals surface area contributed by atoms with Gasteiger partial charge in [0.1, 0.15) is 0 Å². The predicted octanol–water partition coefficient (Wildman–Crippen LogP) is 4.34. The summed E-state index contributed by atoms with van der Waals surface area (Å²) in [6, 6.07) is 9.95. The number of alkyl halides is 3. The van der Waals surface area contributed by atoms with Crippen LogP contribution >= 0.6 is 11.8 Å². The number of benzene rings is 2. The van der Waals surface area contributed by atoms with E-state index in [0.717, 1.165) is 23.9 Å². The van der Waals surface area contributed by atoms with Gasteiger partial charge >= 0.3 is 6.18 Å². The van der Waals surface area contributed by atoms with Crippen molar-refractivity contribution in [2.24, 2.45) is 0 Å². The van der Waals surface area contributed by atoms with Gasteiger partial charge in [0, 0.05) is 22.7 Å². The van der Waals surface area contributed by atoms with Gasteiger partial charge in [-0.25, -0.2) is 0 Å². The average Bonchev–Trinajstić information content (AvgIpc) is 2.53. The minimum atomic E-state index is -4.43. The topological polar surface area (TPSA) is 72.2 Å². The van der Waals surface area contributed by atoms with Gasteiger partial charge in [0.05, 0.1) is 16.2 Å². The second kappa shape index (κ2) is 7.35. The Morgan fingerprint density at radius 2 is 1.83 bits per heavy atom. The second-order valence-corrected chi connectivity index (χ2v) is 5.72. The van der Waals surface area contributed by atoms with Gasteiger partial charge < -0.3 is 5.32 Å². The number of amides is 1. The molecule has 0 aliphatic carbocycles. The van der Waals surface area contributed by atoms with Gasteiger partial charge in [0.15, 0.2) is 0 Å². The largest absolute Gasteiger partial charge is 0.416 e. The van der Waals surface area contributed by atoms with Crippen molar-refractivity contribution in [2.75, 3.05) is 11.1 Å². The fourth-order valence-corrected chi connectivity index (χ4v) is 2.53. The van der Waals surface area contributed by atoms with Crippen molar-refractivity contribution in [2.45, 2.75) is 11.1 Å². The fourth-order valence-electron chi connectivity index (χ4n) is 1.77. The second-order valence-electron chi connectivity index (χ2n) is 4.67. The molecule has 0 heterocycles. The maximum atomic E-state index is 12.6. The first-order chi connectivity index (χ1) is 11.3. The van der Waals surface area contributed by atoms with Gasteiger partial charge in [-0.15, -0.1) is 11.8 Å². The summed E-state index contributed by atoms with van der Waals surface area (Å²) in [5, 5.41) is 13.0. The molecule has 0 unspecified atom stereocenters. The van der Waals surface area contributed by atoms with Crippen molar-refractivity contribution >= 4 is 29.0 Å². The minimum absolute atomic E-state index is 0.0850. The molecule has 5 nitrogen and oxygen atoms in total. The number of nitrogens with zero attached hydrogens (tertiary/aromatic N) is 1. The molecule has 0 atom stereocenters. The summed E-state index contributed by atoms with van der Waals surface area (Å²) in [4.78, 5) is 22.1. The van der Waals surface area contributed by atoms with Crippen LogP contribution in [-0.4, -0.2) is 16.6 Å². The monoisotopic (exact) mass is 356 g/mol. The van der Waals surface area contributed by atoms with Gasteiger partial charge in [0.25, 0.3) is 5.69 Å². The van der Waals surface area contributed by atoms with Crippen molar-refractivity contribution < 1.29 is 22.9 Å². The van der Waals surface area contributed by atoms with Crippen LogP contribution in [0.4, 0.5) is 24.5 Å². The number of carbonyl (C=O) groups is 1. The number of thioether (sulfide) groups is 1. The van der Waals surface area contributed by atoms with Crippen LogP contribution in [0, 0.1) is 10.1 Å². The summed E-state index contributed by atoms with van der Waals surface area (Å²) in [5.41, 5.74) is -0.509. The molecule has 9 heteroatoms. The van der Waals surface area contributed by atoms with Crippen LogP contribution in [0.1, 0.15) is 5.56 Å². The highest BCUT2D eigenvalue weighted by Gasteiger charge is 2.30. The quantitative estimate of drug-likeness (QED) is 0.491. The van der Waals surface area contributed by atoms with Gasteiger partial charge in [-0.1, -0.05) is 6.07 Å². The normalized spacial score (nSPS) is 11.1. The molecule has 0 radical (unpaired) electrons. The van der Waals surface area contributed by atoms with E-state index in [9.17, 15) is 28.1 Å². The molecule has 126 valence electrons. The van der Waals surface area contributed by atoms with Crippen molar-refractivity contribution in [3.63, 3.8) is 0 Å². The third kappa shape index (κ3) is 4.98. The Morgan fingerprint density at radius 1 is 1.17 bits per heavy atom. The van der Waals surface area contributed by atoms with E-state index in [-0.39, 0.29) is 11.4 Å². The zero-order valence-corrected chi connectivity index (χ0v) is 12.9.